The van der Waals surface area contributed by atoms with Crippen LogP contribution < -0.4 is 0 Å². The van der Waals surface area contributed by atoms with Crippen LogP contribution in [0.25, 0.3) is 0 Å². The van der Waals surface area contributed by atoms with E-state index in [2.05, 4.69) is 47.0 Å². The van der Waals surface area contributed by atoms with Crippen LogP contribution in [0.3, 0.4) is 0 Å². The molecular formula is C35H35N3O4S. The molecule has 3 aromatic carbocycles. The summed E-state index contributed by atoms with van der Waals surface area (Å²) < 4.78 is 30.9. The lowest BCUT2D eigenvalue weighted by Gasteiger charge is -2.31. The third-order valence-electron chi connectivity index (χ3n) is 8.14. The highest BCUT2D eigenvalue weighted by molar-refractivity contribution is 7.98. The van der Waals surface area contributed by atoms with Crippen molar-refractivity contribution in [3.05, 3.63) is 131 Å². The summed E-state index contributed by atoms with van der Waals surface area (Å²) in [6.07, 6.45) is 4.42. The van der Waals surface area contributed by atoms with Crippen LogP contribution in [0.5, 0.6) is 0 Å². The van der Waals surface area contributed by atoms with E-state index in [0.29, 0.717) is 26.4 Å². The Hall–Kier alpha value is -3.53. The maximum Gasteiger partial charge on any atom is 0.179 e. The third-order valence-corrected chi connectivity index (χ3v) is 8.87. The van der Waals surface area contributed by atoms with Gasteiger partial charge in [0.25, 0.3) is 0 Å². The second kappa shape index (κ2) is 13.4. The van der Waals surface area contributed by atoms with Gasteiger partial charge in [-0.15, -0.1) is 0 Å². The van der Waals surface area contributed by atoms with Crippen molar-refractivity contribution in [2.45, 2.75) is 57.2 Å². The van der Waals surface area contributed by atoms with Crippen molar-refractivity contribution in [1.82, 2.24) is 5.01 Å². The van der Waals surface area contributed by atoms with Crippen LogP contribution in [0.2, 0.25) is 0 Å². The molecule has 7 nitrogen and oxygen atoms in total. The number of hydrogen-bond donors (Lipinski definition) is 0. The topological polar surface area (TPSA) is 64.9 Å². The molecule has 3 aromatic rings. The number of nitrogens with zero attached hydrogens (tertiary/aromatic N) is 3. The maximum absolute atomic E-state index is 6.79. The molecule has 0 N–H and O–H groups in total. The smallest absolute Gasteiger partial charge is 0.179 e. The molecule has 0 aromatic heterocycles. The van der Waals surface area contributed by atoms with E-state index in [0.717, 1.165) is 41.0 Å². The van der Waals surface area contributed by atoms with Crippen LogP contribution >= 0.6 is 11.9 Å². The molecule has 3 heterocycles. The van der Waals surface area contributed by atoms with Crippen molar-refractivity contribution in [3.63, 3.8) is 0 Å². The molecule has 0 unspecified atom stereocenters. The van der Waals surface area contributed by atoms with Gasteiger partial charge in [0.05, 0.1) is 32.6 Å². The predicted octanol–water partition coefficient (Wildman–Crippen LogP) is 6.48. The standard InChI is InChI=1S/C35H35N3O4S/c1-4-10-25(11-5-1)20-39-23-31-33(40-21-26-12-6-2-7-13-26)34(41-22-27-14-8-3-9-15-27)35(42-31)38-19-28-16-17-29-24-43-36-18-30(37-38)32(28)29/h1-15,18-19,31,33-35H,16-17,20-24H2/t31-,33-,34+,35-/m1/s1. The number of benzene rings is 3. The van der Waals surface area contributed by atoms with Gasteiger partial charge in [-0.25, -0.2) is 9.41 Å². The summed E-state index contributed by atoms with van der Waals surface area (Å²) in [6, 6.07) is 30.6. The lowest BCUT2D eigenvalue weighted by Crippen LogP contribution is -2.44. The Bertz CT molecular complexity index is 1510. The number of hydrazone groups is 1. The highest BCUT2D eigenvalue weighted by atomic mass is 32.2. The van der Waals surface area contributed by atoms with E-state index in [1.54, 1.807) is 11.9 Å². The molecule has 43 heavy (non-hydrogen) atoms. The molecular weight excluding hydrogens is 558 g/mol. The van der Waals surface area contributed by atoms with Crippen molar-refractivity contribution >= 4 is 23.9 Å². The van der Waals surface area contributed by atoms with E-state index >= 15 is 0 Å². The molecule has 4 aliphatic rings. The number of rotatable bonds is 11. The first kappa shape index (κ1) is 28.3. The Kier molecular flexibility index (Phi) is 8.81. The average molecular weight is 594 g/mol. The summed E-state index contributed by atoms with van der Waals surface area (Å²) in [5.41, 5.74) is 8.16. The van der Waals surface area contributed by atoms with Gasteiger partial charge in [-0.3, -0.25) is 0 Å². The van der Waals surface area contributed by atoms with Crippen molar-refractivity contribution in [2.75, 3.05) is 12.4 Å². The largest absolute Gasteiger partial charge is 0.374 e. The molecule has 8 heteroatoms. The molecule has 3 aliphatic heterocycles. The number of hydrogen-bond acceptors (Lipinski definition) is 8. The Balaban J connectivity index is 1.18. The van der Waals surface area contributed by atoms with Gasteiger partial charge in [0.2, 0.25) is 0 Å². The first-order valence-electron chi connectivity index (χ1n) is 14.9. The first-order valence-corrected chi connectivity index (χ1v) is 15.8. The Morgan fingerprint density at radius 2 is 1.40 bits per heavy atom. The minimum Gasteiger partial charge on any atom is -0.374 e. The fraction of sp³-hybridized carbons (Fsp3) is 0.314. The SMILES string of the molecule is C1=NSCC2=C3C(=CN([C@@H]4O[C@H](COCc5ccccc5)[C@@H](OCc5ccccc5)[C@@H]4OCc4ccccc4)N=C13)CC2. The summed E-state index contributed by atoms with van der Waals surface area (Å²) >= 11 is 1.59. The van der Waals surface area contributed by atoms with Gasteiger partial charge in [0.15, 0.2) is 6.23 Å². The zero-order chi connectivity index (χ0) is 28.8. The van der Waals surface area contributed by atoms with Crippen LogP contribution in [0, 0.1) is 0 Å². The fourth-order valence-electron chi connectivity index (χ4n) is 6.00. The highest BCUT2D eigenvalue weighted by Crippen LogP contribution is 2.40. The Labute approximate surface area is 257 Å². The molecule has 4 atom stereocenters. The molecule has 0 amide bonds. The van der Waals surface area contributed by atoms with Gasteiger partial charge in [-0.2, -0.15) is 5.10 Å². The highest BCUT2D eigenvalue weighted by Gasteiger charge is 2.50. The van der Waals surface area contributed by atoms with Gasteiger partial charge in [0, 0.05) is 17.5 Å². The molecule has 0 bridgehead atoms. The fourth-order valence-corrected chi connectivity index (χ4v) is 6.70. The Morgan fingerprint density at radius 1 is 0.767 bits per heavy atom. The molecule has 1 aliphatic carbocycles. The molecule has 7 rings (SSSR count). The molecule has 0 spiro atoms. The lowest BCUT2D eigenvalue weighted by molar-refractivity contribution is -0.107. The van der Waals surface area contributed by atoms with Gasteiger partial charge in [-0.1, -0.05) is 91.0 Å². The summed E-state index contributed by atoms with van der Waals surface area (Å²) in [7, 11) is 0. The van der Waals surface area contributed by atoms with Gasteiger partial charge >= 0.3 is 0 Å². The van der Waals surface area contributed by atoms with E-state index in [-0.39, 0.29) is 12.2 Å². The minimum absolute atomic E-state index is 0.355. The minimum atomic E-state index is -0.496. The van der Waals surface area contributed by atoms with Crippen LogP contribution in [0.15, 0.2) is 123 Å². The van der Waals surface area contributed by atoms with Crippen molar-refractivity contribution in [1.29, 1.82) is 0 Å². The lowest BCUT2D eigenvalue weighted by atomic mass is 10.0. The van der Waals surface area contributed by atoms with Crippen molar-refractivity contribution in [2.24, 2.45) is 9.50 Å². The number of allylic oxidation sites excluding steroid dienone is 2. The average Bonchev–Trinajstić information content (AvgIpc) is 3.55. The molecule has 220 valence electrons. The van der Waals surface area contributed by atoms with Crippen LogP contribution in [-0.2, 0) is 38.8 Å². The zero-order valence-corrected chi connectivity index (χ0v) is 24.8. The number of ether oxygens (including phenoxy) is 4. The molecule has 1 saturated heterocycles. The van der Waals surface area contributed by atoms with E-state index in [1.807, 2.05) is 65.8 Å². The maximum atomic E-state index is 6.79. The second-order valence-corrected chi connectivity index (χ2v) is 11.9. The molecule has 1 fully saturated rings. The van der Waals surface area contributed by atoms with E-state index < -0.39 is 12.3 Å². The molecule has 0 saturated carbocycles. The van der Waals surface area contributed by atoms with Crippen LogP contribution in [-0.4, -0.2) is 53.8 Å². The third kappa shape index (κ3) is 6.54. The summed E-state index contributed by atoms with van der Waals surface area (Å²) in [5.74, 6) is 0.918. The van der Waals surface area contributed by atoms with E-state index in [4.69, 9.17) is 24.0 Å². The first-order chi connectivity index (χ1) is 21.3. The monoisotopic (exact) mass is 593 g/mol. The second-order valence-electron chi connectivity index (χ2n) is 11.1. The van der Waals surface area contributed by atoms with Gasteiger partial charge in [-0.05, 0) is 52.6 Å². The van der Waals surface area contributed by atoms with Crippen LogP contribution in [0.4, 0.5) is 0 Å². The predicted molar refractivity (Wildman–Crippen MR) is 169 cm³/mol. The zero-order valence-electron chi connectivity index (χ0n) is 24.0. The molecule has 0 radical (unpaired) electrons. The van der Waals surface area contributed by atoms with Crippen LogP contribution in [0.1, 0.15) is 29.5 Å². The van der Waals surface area contributed by atoms with Crippen molar-refractivity contribution in [3.8, 4) is 0 Å². The van der Waals surface area contributed by atoms with Gasteiger partial charge in [0.1, 0.15) is 24.0 Å². The van der Waals surface area contributed by atoms with Gasteiger partial charge < -0.3 is 18.9 Å². The van der Waals surface area contributed by atoms with Crippen molar-refractivity contribution < 1.29 is 18.9 Å². The quantitative estimate of drug-likeness (QED) is 0.237. The van der Waals surface area contributed by atoms with E-state index in [9.17, 15) is 0 Å². The summed E-state index contributed by atoms with van der Waals surface area (Å²) in [6.45, 7) is 1.73. The summed E-state index contributed by atoms with van der Waals surface area (Å²) in [5, 5.41) is 6.99. The Morgan fingerprint density at radius 3 is 2.07 bits per heavy atom. The summed E-state index contributed by atoms with van der Waals surface area (Å²) in [4.78, 5) is 0. The normalized spacial score (nSPS) is 24.5. The van der Waals surface area contributed by atoms with E-state index in [1.165, 1.54) is 16.7 Å².